The number of anilines is 1. The molecule has 3 nitrogen and oxygen atoms in total. The summed E-state index contributed by atoms with van der Waals surface area (Å²) in [6.45, 7) is 2.09. The van der Waals surface area contributed by atoms with Crippen LogP contribution in [0.4, 0.5) is 5.69 Å². The number of aromatic amines is 1. The summed E-state index contributed by atoms with van der Waals surface area (Å²) in [5, 5.41) is 4.17. The third-order valence-electron chi connectivity index (χ3n) is 2.32. The van der Waals surface area contributed by atoms with Crippen molar-refractivity contribution in [3.05, 3.63) is 40.7 Å². The SMILES string of the molecule is CCSCNc1cc2ccccc2[nH]c1=O. The second-order valence-electron chi connectivity index (χ2n) is 3.41. The molecule has 2 N–H and O–H groups in total. The summed E-state index contributed by atoms with van der Waals surface area (Å²) in [5.74, 6) is 1.80. The highest BCUT2D eigenvalue weighted by molar-refractivity contribution is 7.99. The van der Waals surface area contributed by atoms with Crippen molar-refractivity contribution in [1.82, 2.24) is 4.98 Å². The Bertz CT molecular complexity index is 536. The number of hydrogen-bond acceptors (Lipinski definition) is 3. The second kappa shape index (κ2) is 5.07. The molecule has 2 aromatic rings. The molecule has 0 aliphatic carbocycles. The molecule has 16 heavy (non-hydrogen) atoms. The third-order valence-corrected chi connectivity index (χ3v) is 3.08. The highest BCUT2D eigenvalue weighted by atomic mass is 32.2. The number of H-pyrrole nitrogens is 1. The molecule has 0 aliphatic rings. The summed E-state index contributed by atoms with van der Waals surface area (Å²) in [4.78, 5) is 14.6. The zero-order chi connectivity index (χ0) is 11.4. The van der Waals surface area contributed by atoms with Gasteiger partial charge in [0.1, 0.15) is 5.69 Å². The molecule has 1 aromatic heterocycles. The van der Waals surface area contributed by atoms with Crippen LogP contribution in [0.25, 0.3) is 10.9 Å². The molecule has 0 radical (unpaired) electrons. The smallest absolute Gasteiger partial charge is 0.271 e. The quantitative estimate of drug-likeness (QED) is 0.631. The standard InChI is InChI=1S/C12H14N2OS/c1-2-16-8-13-11-7-9-5-3-4-6-10(9)14-12(11)15/h3-7,13H,2,8H2,1H3,(H,14,15). The highest BCUT2D eigenvalue weighted by Gasteiger charge is 2.00. The van der Waals surface area contributed by atoms with E-state index < -0.39 is 0 Å². The number of para-hydroxylation sites is 1. The zero-order valence-electron chi connectivity index (χ0n) is 9.12. The van der Waals surface area contributed by atoms with E-state index in [9.17, 15) is 4.79 Å². The van der Waals surface area contributed by atoms with Gasteiger partial charge in [0.2, 0.25) is 0 Å². The van der Waals surface area contributed by atoms with E-state index in [2.05, 4.69) is 17.2 Å². The lowest BCUT2D eigenvalue weighted by molar-refractivity contribution is 1.28. The summed E-state index contributed by atoms with van der Waals surface area (Å²) < 4.78 is 0. The molecule has 0 amide bonds. The van der Waals surface area contributed by atoms with Crippen LogP contribution in [-0.4, -0.2) is 16.6 Å². The van der Waals surface area contributed by atoms with E-state index in [4.69, 9.17) is 0 Å². The maximum atomic E-state index is 11.7. The summed E-state index contributed by atoms with van der Waals surface area (Å²) in [7, 11) is 0. The molecular weight excluding hydrogens is 220 g/mol. The van der Waals surface area contributed by atoms with Crippen molar-refractivity contribution in [2.75, 3.05) is 16.9 Å². The van der Waals surface area contributed by atoms with E-state index in [0.717, 1.165) is 22.5 Å². The van der Waals surface area contributed by atoms with Gasteiger partial charge in [-0.1, -0.05) is 25.1 Å². The van der Waals surface area contributed by atoms with Gasteiger partial charge in [-0.15, -0.1) is 11.8 Å². The Morgan fingerprint density at radius 1 is 1.38 bits per heavy atom. The van der Waals surface area contributed by atoms with E-state index in [1.54, 1.807) is 11.8 Å². The monoisotopic (exact) mass is 234 g/mol. The Balaban J connectivity index is 2.31. The summed E-state index contributed by atoms with van der Waals surface area (Å²) in [6, 6.07) is 9.67. The second-order valence-corrected chi connectivity index (χ2v) is 4.69. The fourth-order valence-electron chi connectivity index (χ4n) is 1.51. The lowest BCUT2D eigenvalue weighted by Crippen LogP contribution is -2.13. The number of thioether (sulfide) groups is 1. The first kappa shape index (κ1) is 11.1. The molecule has 1 aromatic carbocycles. The molecule has 0 bridgehead atoms. The largest absolute Gasteiger partial charge is 0.372 e. The number of hydrogen-bond donors (Lipinski definition) is 2. The van der Waals surface area contributed by atoms with Gasteiger partial charge in [0.05, 0.1) is 5.88 Å². The first-order chi connectivity index (χ1) is 7.81. The van der Waals surface area contributed by atoms with E-state index >= 15 is 0 Å². The average Bonchev–Trinajstić information content (AvgIpc) is 2.30. The van der Waals surface area contributed by atoms with Crippen molar-refractivity contribution >= 4 is 28.4 Å². The van der Waals surface area contributed by atoms with E-state index in [1.807, 2.05) is 30.3 Å². The Morgan fingerprint density at radius 2 is 2.19 bits per heavy atom. The number of fused-ring (bicyclic) bond motifs is 1. The zero-order valence-corrected chi connectivity index (χ0v) is 9.93. The van der Waals surface area contributed by atoms with E-state index in [-0.39, 0.29) is 5.56 Å². The van der Waals surface area contributed by atoms with Crippen molar-refractivity contribution in [1.29, 1.82) is 0 Å². The number of pyridine rings is 1. The van der Waals surface area contributed by atoms with Crippen LogP contribution in [0, 0.1) is 0 Å². The van der Waals surface area contributed by atoms with Gasteiger partial charge in [-0.25, -0.2) is 0 Å². The molecule has 0 saturated heterocycles. The van der Waals surface area contributed by atoms with Crippen molar-refractivity contribution in [3.63, 3.8) is 0 Å². The molecule has 2 rings (SSSR count). The number of rotatable bonds is 4. The van der Waals surface area contributed by atoms with Crippen LogP contribution in [-0.2, 0) is 0 Å². The van der Waals surface area contributed by atoms with Gasteiger partial charge in [0.25, 0.3) is 5.56 Å². The Hall–Kier alpha value is -1.42. The van der Waals surface area contributed by atoms with Crippen molar-refractivity contribution < 1.29 is 0 Å². The predicted octanol–water partition coefficient (Wildman–Crippen LogP) is 2.65. The van der Waals surface area contributed by atoms with Crippen LogP contribution in [0.2, 0.25) is 0 Å². The molecule has 84 valence electrons. The fourth-order valence-corrected chi connectivity index (χ4v) is 1.97. The molecule has 0 saturated carbocycles. The molecule has 4 heteroatoms. The van der Waals surface area contributed by atoms with Crippen LogP contribution >= 0.6 is 11.8 Å². The van der Waals surface area contributed by atoms with Crippen LogP contribution < -0.4 is 10.9 Å². The molecule has 1 heterocycles. The van der Waals surface area contributed by atoms with Crippen molar-refractivity contribution in [2.45, 2.75) is 6.92 Å². The minimum absolute atomic E-state index is 0.0598. The highest BCUT2D eigenvalue weighted by Crippen LogP contribution is 2.13. The van der Waals surface area contributed by atoms with Gasteiger partial charge < -0.3 is 10.3 Å². The summed E-state index contributed by atoms with van der Waals surface area (Å²) in [6.07, 6.45) is 0. The van der Waals surface area contributed by atoms with Crippen LogP contribution in [0.15, 0.2) is 35.1 Å². The van der Waals surface area contributed by atoms with Crippen LogP contribution in [0.3, 0.4) is 0 Å². The molecular formula is C12H14N2OS. The van der Waals surface area contributed by atoms with E-state index in [0.29, 0.717) is 5.69 Å². The molecule has 0 unspecified atom stereocenters. The lowest BCUT2D eigenvalue weighted by atomic mass is 10.2. The summed E-state index contributed by atoms with van der Waals surface area (Å²) >= 11 is 1.75. The Morgan fingerprint density at radius 3 is 3.00 bits per heavy atom. The van der Waals surface area contributed by atoms with Crippen molar-refractivity contribution in [2.24, 2.45) is 0 Å². The number of nitrogens with one attached hydrogen (secondary N) is 2. The fraction of sp³-hybridized carbons (Fsp3) is 0.250. The van der Waals surface area contributed by atoms with E-state index in [1.165, 1.54) is 0 Å². The van der Waals surface area contributed by atoms with Crippen LogP contribution in [0.5, 0.6) is 0 Å². The molecule has 0 atom stereocenters. The van der Waals surface area contributed by atoms with Gasteiger partial charge in [-0.05, 0) is 17.9 Å². The molecule has 0 aliphatic heterocycles. The molecule has 0 fully saturated rings. The first-order valence-corrected chi connectivity index (χ1v) is 6.40. The van der Waals surface area contributed by atoms with Gasteiger partial charge >= 0.3 is 0 Å². The minimum Gasteiger partial charge on any atom is -0.372 e. The third kappa shape index (κ3) is 2.39. The predicted molar refractivity (Wildman–Crippen MR) is 71.2 cm³/mol. The van der Waals surface area contributed by atoms with Crippen LogP contribution in [0.1, 0.15) is 6.92 Å². The maximum absolute atomic E-state index is 11.7. The molecule has 0 spiro atoms. The number of benzene rings is 1. The Labute approximate surface area is 98.3 Å². The van der Waals surface area contributed by atoms with Gasteiger partial charge in [0, 0.05) is 10.9 Å². The first-order valence-electron chi connectivity index (χ1n) is 5.25. The van der Waals surface area contributed by atoms with Crippen molar-refractivity contribution in [3.8, 4) is 0 Å². The van der Waals surface area contributed by atoms with Gasteiger partial charge in [-0.3, -0.25) is 4.79 Å². The normalized spacial score (nSPS) is 10.6. The average molecular weight is 234 g/mol. The Kier molecular flexibility index (Phi) is 3.51. The number of aromatic nitrogens is 1. The topological polar surface area (TPSA) is 44.9 Å². The lowest BCUT2D eigenvalue weighted by Gasteiger charge is -2.05. The summed E-state index contributed by atoms with van der Waals surface area (Å²) in [5.41, 5.74) is 1.45. The maximum Gasteiger partial charge on any atom is 0.271 e. The van der Waals surface area contributed by atoms with Gasteiger partial charge in [0.15, 0.2) is 0 Å². The van der Waals surface area contributed by atoms with Gasteiger partial charge in [-0.2, -0.15) is 0 Å². The minimum atomic E-state index is -0.0598.